The number of hydrogen-bond acceptors (Lipinski definition) is 4. The number of hydrogen-bond donors (Lipinski definition) is 2. The van der Waals surface area contributed by atoms with Crippen LogP contribution in [0.25, 0.3) is 0 Å². The number of anilines is 1. The van der Waals surface area contributed by atoms with Gasteiger partial charge in [0.15, 0.2) is 0 Å². The Hall–Kier alpha value is -2.83. The molecule has 0 saturated carbocycles. The number of aromatic nitrogens is 1. The van der Waals surface area contributed by atoms with Crippen molar-refractivity contribution in [3.05, 3.63) is 47.9 Å². The lowest BCUT2D eigenvalue weighted by atomic mass is 10.3. The standard InChI is InChI=1S/C15H16FN3O3/c1-21-13-7-11(16)4-5-12(13)19-15(20)18-9-10-3-6-14(22-2)17-8-10/h3-8H,9H2,1-2H3,(H2,18,19,20). The van der Waals surface area contributed by atoms with Crippen molar-refractivity contribution in [2.24, 2.45) is 0 Å². The molecule has 0 aliphatic heterocycles. The van der Waals surface area contributed by atoms with Gasteiger partial charge < -0.3 is 20.1 Å². The Balaban J connectivity index is 1.92. The van der Waals surface area contributed by atoms with Crippen LogP contribution in [-0.4, -0.2) is 25.2 Å². The summed E-state index contributed by atoms with van der Waals surface area (Å²) < 4.78 is 23.0. The van der Waals surface area contributed by atoms with Crippen molar-refractivity contribution < 1.29 is 18.7 Å². The van der Waals surface area contributed by atoms with E-state index in [-0.39, 0.29) is 5.75 Å². The van der Waals surface area contributed by atoms with Crippen molar-refractivity contribution in [3.63, 3.8) is 0 Å². The van der Waals surface area contributed by atoms with E-state index in [1.807, 2.05) is 0 Å². The molecular formula is C15H16FN3O3. The Bertz CT molecular complexity index is 647. The Kier molecular flexibility index (Phi) is 5.13. The summed E-state index contributed by atoms with van der Waals surface area (Å²) in [5, 5.41) is 5.27. The zero-order valence-electron chi connectivity index (χ0n) is 12.2. The molecule has 116 valence electrons. The lowest BCUT2D eigenvalue weighted by molar-refractivity contribution is 0.251. The second-order valence-electron chi connectivity index (χ2n) is 4.36. The summed E-state index contributed by atoms with van der Waals surface area (Å²) in [5.74, 6) is 0.317. The molecule has 2 rings (SSSR count). The van der Waals surface area contributed by atoms with Gasteiger partial charge in [0.05, 0.1) is 19.9 Å². The van der Waals surface area contributed by atoms with Crippen molar-refractivity contribution in [3.8, 4) is 11.6 Å². The maximum absolute atomic E-state index is 13.1. The van der Waals surface area contributed by atoms with Crippen LogP contribution >= 0.6 is 0 Å². The van der Waals surface area contributed by atoms with Gasteiger partial charge in [0.1, 0.15) is 11.6 Å². The van der Waals surface area contributed by atoms with Crippen LogP contribution in [0.2, 0.25) is 0 Å². The van der Waals surface area contributed by atoms with Gasteiger partial charge in [-0.2, -0.15) is 0 Å². The third-order valence-corrected chi connectivity index (χ3v) is 2.87. The molecule has 22 heavy (non-hydrogen) atoms. The fraction of sp³-hybridized carbons (Fsp3) is 0.200. The number of benzene rings is 1. The number of carbonyl (C=O) groups is 1. The lowest BCUT2D eigenvalue weighted by Gasteiger charge is -2.11. The van der Waals surface area contributed by atoms with Gasteiger partial charge in [-0.25, -0.2) is 14.2 Å². The number of urea groups is 1. The van der Waals surface area contributed by atoms with Crippen molar-refractivity contribution in [1.29, 1.82) is 0 Å². The third-order valence-electron chi connectivity index (χ3n) is 2.87. The highest BCUT2D eigenvalue weighted by Gasteiger charge is 2.08. The van der Waals surface area contributed by atoms with E-state index in [9.17, 15) is 9.18 Å². The fourth-order valence-corrected chi connectivity index (χ4v) is 1.75. The smallest absolute Gasteiger partial charge is 0.319 e. The van der Waals surface area contributed by atoms with Crippen LogP contribution in [-0.2, 0) is 6.54 Å². The van der Waals surface area contributed by atoms with Gasteiger partial charge in [-0.05, 0) is 17.7 Å². The summed E-state index contributed by atoms with van der Waals surface area (Å²) in [4.78, 5) is 15.9. The minimum atomic E-state index is -0.438. The molecule has 1 aromatic heterocycles. The van der Waals surface area contributed by atoms with E-state index in [0.29, 0.717) is 18.1 Å². The molecule has 2 aromatic rings. The van der Waals surface area contributed by atoms with Crippen molar-refractivity contribution >= 4 is 11.7 Å². The molecule has 6 nitrogen and oxygen atoms in total. The minimum Gasteiger partial charge on any atom is -0.494 e. The van der Waals surface area contributed by atoms with E-state index < -0.39 is 11.8 Å². The van der Waals surface area contributed by atoms with Crippen molar-refractivity contribution in [2.75, 3.05) is 19.5 Å². The molecular weight excluding hydrogens is 289 g/mol. The first-order valence-corrected chi connectivity index (χ1v) is 6.49. The van der Waals surface area contributed by atoms with Crippen molar-refractivity contribution in [1.82, 2.24) is 10.3 Å². The van der Waals surface area contributed by atoms with Crippen molar-refractivity contribution in [2.45, 2.75) is 6.54 Å². The van der Waals surface area contributed by atoms with Crippen LogP contribution in [0.4, 0.5) is 14.9 Å². The fourth-order valence-electron chi connectivity index (χ4n) is 1.75. The summed E-state index contributed by atoms with van der Waals surface area (Å²) in [6.07, 6.45) is 1.61. The maximum atomic E-state index is 13.1. The van der Waals surface area contributed by atoms with E-state index in [1.54, 1.807) is 18.3 Å². The number of ether oxygens (including phenoxy) is 2. The SMILES string of the molecule is COc1ccc(CNC(=O)Nc2ccc(F)cc2OC)cn1. The predicted molar refractivity (Wildman–Crippen MR) is 79.6 cm³/mol. The number of nitrogens with zero attached hydrogens (tertiary/aromatic N) is 1. The van der Waals surface area contributed by atoms with Gasteiger partial charge in [-0.3, -0.25) is 0 Å². The molecule has 0 saturated heterocycles. The first-order valence-electron chi connectivity index (χ1n) is 6.49. The largest absolute Gasteiger partial charge is 0.494 e. The molecule has 0 bridgehead atoms. The summed E-state index contributed by atoms with van der Waals surface area (Å²) in [7, 11) is 2.94. The van der Waals surface area contributed by atoms with Gasteiger partial charge >= 0.3 is 6.03 Å². The number of nitrogens with one attached hydrogen (secondary N) is 2. The number of carbonyl (C=O) groups excluding carboxylic acids is 1. The molecule has 1 aromatic carbocycles. The molecule has 0 radical (unpaired) electrons. The van der Waals surface area contributed by atoms with Crippen LogP contribution in [0.1, 0.15) is 5.56 Å². The second-order valence-corrected chi connectivity index (χ2v) is 4.36. The highest BCUT2D eigenvalue weighted by atomic mass is 19.1. The van der Waals surface area contributed by atoms with Gasteiger partial charge in [0.2, 0.25) is 5.88 Å². The Morgan fingerprint density at radius 1 is 1.23 bits per heavy atom. The van der Waals surface area contributed by atoms with Gasteiger partial charge in [-0.1, -0.05) is 6.07 Å². The van der Waals surface area contributed by atoms with E-state index >= 15 is 0 Å². The zero-order chi connectivity index (χ0) is 15.9. The molecule has 2 amide bonds. The Morgan fingerprint density at radius 3 is 2.68 bits per heavy atom. The molecule has 1 heterocycles. The Labute approximate surface area is 127 Å². The summed E-state index contributed by atoms with van der Waals surface area (Å²) in [6.45, 7) is 0.298. The van der Waals surface area contributed by atoms with Crippen LogP contribution in [0.15, 0.2) is 36.5 Å². The van der Waals surface area contributed by atoms with Crippen LogP contribution in [0, 0.1) is 5.82 Å². The molecule has 0 spiro atoms. The third kappa shape index (κ3) is 4.08. The van der Waals surface area contributed by atoms with E-state index in [2.05, 4.69) is 15.6 Å². The molecule has 2 N–H and O–H groups in total. The number of methoxy groups -OCH3 is 2. The summed E-state index contributed by atoms with van der Waals surface area (Å²) in [5.41, 5.74) is 1.20. The summed E-state index contributed by atoms with van der Waals surface area (Å²) in [6, 6.07) is 6.94. The van der Waals surface area contributed by atoms with Gasteiger partial charge in [0.25, 0.3) is 0 Å². The lowest BCUT2D eigenvalue weighted by Crippen LogP contribution is -2.28. The average molecular weight is 305 g/mol. The second kappa shape index (κ2) is 7.26. The van der Waals surface area contributed by atoms with Gasteiger partial charge in [0, 0.05) is 24.9 Å². The molecule has 0 aliphatic rings. The maximum Gasteiger partial charge on any atom is 0.319 e. The minimum absolute atomic E-state index is 0.251. The molecule has 7 heteroatoms. The average Bonchev–Trinajstić information content (AvgIpc) is 2.55. The normalized spacial score (nSPS) is 9.95. The number of rotatable bonds is 5. The highest BCUT2D eigenvalue weighted by Crippen LogP contribution is 2.24. The van der Waals surface area contributed by atoms with E-state index in [4.69, 9.17) is 9.47 Å². The first kappa shape index (κ1) is 15.6. The van der Waals surface area contributed by atoms with Crippen LogP contribution in [0.5, 0.6) is 11.6 Å². The quantitative estimate of drug-likeness (QED) is 0.890. The molecule has 0 atom stereocenters. The van der Waals surface area contributed by atoms with E-state index in [0.717, 1.165) is 5.56 Å². The number of halogens is 1. The van der Waals surface area contributed by atoms with E-state index in [1.165, 1.54) is 32.4 Å². The molecule has 0 aliphatic carbocycles. The van der Waals surface area contributed by atoms with Crippen LogP contribution < -0.4 is 20.1 Å². The zero-order valence-corrected chi connectivity index (χ0v) is 12.2. The number of amides is 2. The highest BCUT2D eigenvalue weighted by molar-refractivity contribution is 5.90. The molecule has 0 unspecified atom stereocenters. The number of pyridine rings is 1. The Morgan fingerprint density at radius 2 is 2.05 bits per heavy atom. The topological polar surface area (TPSA) is 72.5 Å². The summed E-state index contributed by atoms with van der Waals surface area (Å²) >= 11 is 0. The molecule has 0 fully saturated rings. The monoisotopic (exact) mass is 305 g/mol. The predicted octanol–water partition coefficient (Wildman–Crippen LogP) is 2.56. The van der Waals surface area contributed by atoms with Gasteiger partial charge in [-0.15, -0.1) is 0 Å². The first-order chi connectivity index (χ1) is 10.6. The van der Waals surface area contributed by atoms with Crippen LogP contribution in [0.3, 0.4) is 0 Å².